The first-order valence-corrected chi connectivity index (χ1v) is 9.19. The first-order valence-electron chi connectivity index (χ1n) is 9.19. The minimum atomic E-state index is -0.872. The number of ether oxygens (including phenoxy) is 1. The number of benzene rings is 2. The van der Waals surface area contributed by atoms with Gasteiger partial charge in [-0.1, -0.05) is 18.2 Å². The Morgan fingerprint density at radius 3 is 2.63 bits per heavy atom. The van der Waals surface area contributed by atoms with Gasteiger partial charge in [0.05, 0.1) is 6.04 Å². The number of rotatable bonds is 7. The number of hydrogen-bond donors (Lipinski definition) is 2. The van der Waals surface area contributed by atoms with E-state index in [9.17, 15) is 13.6 Å². The lowest BCUT2D eigenvalue weighted by molar-refractivity contribution is -0.119. The minimum Gasteiger partial charge on any atom is -0.489 e. The second-order valence-corrected chi connectivity index (χ2v) is 6.89. The maximum Gasteiger partial charge on any atom is 0.234 e. The number of fused-ring (bicyclic) bond motifs is 1. The molecule has 6 heteroatoms. The Bertz CT molecular complexity index is 839. The first kappa shape index (κ1) is 19.3. The van der Waals surface area contributed by atoms with Crippen molar-refractivity contribution >= 4 is 5.91 Å². The van der Waals surface area contributed by atoms with Crippen LogP contribution in [-0.2, 0) is 30.8 Å². The van der Waals surface area contributed by atoms with Gasteiger partial charge in [-0.2, -0.15) is 0 Å². The Morgan fingerprint density at radius 2 is 1.89 bits per heavy atom. The van der Waals surface area contributed by atoms with Crippen molar-refractivity contribution in [2.75, 3.05) is 0 Å². The van der Waals surface area contributed by atoms with Crippen LogP contribution in [-0.4, -0.2) is 11.9 Å². The van der Waals surface area contributed by atoms with Gasteiger partial charge in [0.25, 0.3) is 0 Å². The largest absolute Gasteiger partial charge is 0.489 e. The lowest BCUT2D eigenvalue weighted by atomic mass is 9.87. The maximum absolute atomic E-state index is 13.8. The molecule has 0 radical (unpaired) electrons. The van der Waals surface area contributed by atoms with E-state index in [1.807, 2.05) is 12.1 Å². The minimum absolute atomic E-state index is 0.0215. The van der Waals surface area contributed by atoms with Crippen molar-refractivity contribution in [1.29, 1.82) is 0 Å². The normalized spacial score (nSPS) is 14.5. The predicted molar refractivity (Wildman–Crippen MR) is 99.3 cm³/mol. The van der Waals surface area contributed by atoms with Crippen LogP contribution in [0, 0.1) is 11.6 Å². The van der Waals surface area contributed by atoms with E-state index in [4.69, 9.17) is 10.5 Å². The number of carbonyl (C=O) groups is 1. The predicted octanol–water partition coefficient (Wildman–Crippen LogP) is 3.39. The van der Waals surface area contributed by atoms with Gasteiger partial charge < -0.3 is 15.8 Å². The van der Waals surface area contributed by atoms with Crippen LogP contribution in [0.2, 0.25) is 0 Å². The monoisotopic (exact) mass is 374 g/mol. The lowest BCUT2D eigenvalue weighted by Crippen LogP contribution is -2.38. The van der Waals surface area contributed by atoms with Crippen LogP contribution in [0.25, 0.3) is 0 Å². The highest BCUT2D eigenvalue weighted by atomic mass is 19.2. The molecule has 1 aliphatic rings. The third kappa shape index (κ3) is 4.45. The fourth-order valence-electron chi connectivity index (χ4n) is 3.39. The summed E-state index contributed by atoms with van der Waals surface area (Å²) in [6, 6.07) is 7.51. The van der Waals surface area contributed by atoms with Crippen LogP contribution in [0.15, 0.2) is 30.3 Å². The smallest absolute Gasteiger partial charge is 0.234 e. The molecular weight excluding hydrogens is 350 g/mol. The fraction of sp³-hybridized carbons (Fsp3) is 0.381. The van der Waals surface area contributed by atoms with E-state index in [1.54, 1.807) is 6.92 Å². The molecule has 1 amide bonds. The van der Waals surface area contributed by atoms with E-state index < -0.39 is 17.7 Å². The molecule has 2 aromatic rings. The van der Waals surface area contributed by atoms with E-state index in [1.165, 1.54) is 17.7 Å². The molecule has 0 aromatic heterocycles. The number of nitrogens with one attached hydrogen (secondary N) is 1. The highest BCUT2D eigenvalue weighted by Crippen LogP contribution is 2.33. The molecule has 0 saturated carbocycles. The summed E-state index contributed by atoms with van der Waals surface area (Å²) < 4.78 is 33.1. The molecule has 0 aliphatic heterocycles. The van der Waals surface area contributed by atoms with Gasteiger partial charge in [0.2, 0.25) is 5.91 Å². The van der Waals surface area contributed by atoms with E-state index >= 15 is 0 Å². The average molecular weight is 374 g/mol. The average Bonchev–Trinajstić information content (AvgIpc) is 2.67. The summed E-state index contributed by atoms with van der Waals surface area (Å²) in [5.74, 6) is -1.42. The van der Waals surface area contributed by atoms with Gasteiger partial charge >= 0.3 is 0 Å². The molecule has 0 bridgehead atoms. The Balaban J connectivity index is 1.78. The number of amides is 1. The Hall–Kier alpha value is -2.47. The highest BCUT2D eigenvalue weighted by molar-refractivity contribution is 5.79. The van der Waals surface area contributed by atoms with E-state index in [-0.39, 0.29) is 18.1 Å². The summed E-state index contributed by atoms with van der Waals surface area (Å²) in [6.07, 6.45) is 3.97. The lowest BCUT2D eigenvalue weighted by Gasteiger charge is -2.23. The number of nitrogens with two attached hydrogens (primary N) is 1. The molecule has 27 heavy (non-hydrogen) atoms. The fourth-order valence-corrected chi connectivity index (χ4v) is 3.39. The van der Waals surface area contributed by atoms with Crippen molar-refractivity contribution in [3.63, 3.8) is 0 Å². The van der Waals surface area contributed by atoms with E-state index in [0.717, 1.165) is 42.9 Å². The zero-order valence-electron chi connectivity index (χ0n) is 15.4. The van der Waals surface area contributed by atoms with Crippen molar-refractivity contribution in [2.24, 2.45) is 5.73 Å². The van der Waals surface area contributed by atoms with E-state index in [0.29, 0.717) is 12.3 Å². The quantitative estimate of drug-likeness (QED) is 0.781. The summed E-state index contributed by atoms with van der Waals surface area (Å²) in [7, 11) is 0. The molecule has 2 aromatic carbocycles. The standard InChI is InChI=1S/C21H24F2N2O2/c1-13(21(24)26)25-11-14-9-10-19(17-7-3-2-6-16(14)17)27-12-15-5-4-8-18(22)20(15)23/h4-5,8-10,13,25H,2-3,6-7,11-12H2,1H3,(H2,24,26)/t13-/m0/s1. The number of halogens is 2. The Labute approximate surface area is 157 Å². The molecule has 3 N–H and O–H groups in total. The summed E-state index contributed by atoms with van der Waals surface area (Å²) in [5, 5.41) is 3.13. The zero-order chi connectivity index (χ0) is 19.4. The van der Waals surface area contributed by atoms with Gasteiger partial charge in [0, 0.05) is 12.1 Å². The summed E-state index contributed by atoms with van der Waals surface area (Å²) in [6.45, 7) is 2.26. The first-order chi connectivity index (χ1) is 13.0. The van der Waals surface area contributed by atoms with Crippen molar-refractivity contribution < 1.29 is 18.3 Å². The Morgan fingerprint density at radius 1 is 1.15 bits per heavy atom. The van der Waals surface area contributed by atoms with Crippen LogP contribution in [0.1, 0.15) is 42.0 Å². The van der Waals surface area contributed by atoms with Crippen LogP contribution < -0.4 is 15.8 Å². The van der Waals surface area contributed by atoms with E-state index in [2.05, 4.69) is 5.32 Å². The molecule has 0 fully saturated rings. The molecule has 0 saturated heterocycles. The maximum atomic E-state index is 13.8. The summed E-state index contributed by atoms with van der Waals surface area (Å²) in [4.78, 5) is 11.2. The van der Waals surface area contributed by atoms with Crippen molar-refractivity contribution in [3.05, 3.63) is 64.2 Å². The van der Waals surface area contributed by atoms with Gasteiger partial charge in [-0.3, -0.25) is 4.79 Å². The SMILES string of the molecule is C[C@H](NCc1ccc(OCc2cccc(F)c2F)c2c1CCCC2)C(N)=O. The molecule has 0 unspecified atom stereocenters. The molecule has 1 atom stereocenters. The van der Waals surface area contributed by atoms with Crippen molar-refractivity contribution in [2.45, 2.75) is 51.8 Å². The molecule has 0 heterocycles. The van der Waals surface area contributed by atoms with Gasteiger partial charge in [-0.15, -0.1) is 0 Å². The van der Waals surface area contributed by atoms with Crippen LogP contribution in [0.4, 0.5) is 8.78 Å². The van der Waals surface area contributed by atoms with Crippen LogP contribution in [0.5, 0.6) is 5.75 Å². The molecule has 144 valence electrons. The third-order valence-corrected chi connectivity index (χ3v) is 5.03. The topological polar surface area (TPSA) is 64.3 Å². The number of primary amides is 1. The Kier molecular flexibility index (Phi) is 6.06. The third-order valence-electron chi connectivity index (χ3n) is 5.03. The van der Waals surface area contributed by atoms with Crippen molar-refractivity contribution in [3.8, 4) is 5.75 Å². The second kappa shape index (κ2) is 8.48. The van der Waals surface area contributed by atoms with Gasteiger partial charge in [0.15, 0.2) is 11.6 Å². The van der Waals surface area contributed by atoms with Crippen molar-refractivity contribution in [1.82, 2.24) is 5.32 Å². The molecule has 4 nitrogen and oxygen atoms in total. The molecular formula is C21H24F2N2O2. The van der Waals surface area contributed by atoms with Crippen LogP contribution in [0.3, 0.4) is 0 Å². The van der Waals surface area contributed by atoms with Gasteiger partial charge in [0.1, 0.15) is 12.4 Å². The highest BCUT2D eigenvalue weighted by Gasteiger charge is 2.19. The molecule has 1 aliphatic carbocycles. The summed E-state index contributed by atoms with van der Waals surface area (Å²) >= 11 is 0. The summed E-state index contributed by atoms with van der Waals surface area (Å²) in [5.41, 5.74) is 8.93. The van der Waals surface area contributed by atoms with Gasteiger partial charge in [-0.05, 0) is 61.4 Å². The second-order valence-electron chi connectivity index (χ2n) is 6.89. The van der Waals surface area contributed by atoms with Gasteiger partial charge in [-0.25, -0.2) is 8.78 Å². The van der Waals surface area contributed by atoms with Crippen LogP contribution >= 0.6 is 0 Å². The number of carbonyl (C=O) groups excluding carboxylic acids is 1. The molecule has 3 rings (SSSR count). The molecule has 0 spiro atoms. The zero-order valence-corrected chi connectivity index (χ0v) is 15.4. The number of hydrogen-bond acceptors (Lipinski definition) is 3.